The maximum absolute atomic E-state index is 9.27. The highest BCUT2D eigenvalue weighted by atomic mass is 32.2. The Morgan fingerprint density at radius 1 is 1.33 bits per heavy atom. The monoisotopic (exact) mass is 260 g/mol. The van der Waals surface area contributed by atoms with Gasteiger partial charge in [0.05, 0.1) is 6.07 Å². The number of thioether (sulfide) groups is 1. The summed E-state index contributed by atoms with van der Waals surface area (Å²) in [7, 11) is 0. The molecule has 0 radical (unpaired) electrons. The first-order chi connectivity index (χ1) is 8.69. The molecule has 0 amide bonds. The fraction of sp³-hybridized carbons (Fsp3) is 0.533. The number of likely N-dealkylation sites (tertiary alicyclic amines) is 1. The van der Waals surface area contributed by atoms with Crippen molar-refractivity contribution in [2.24, 2.45) is 0 Å². The summed E-state index contributed by atoms with van der Waals surface area (Å²) in [6.45, 7) is 5.24. The van der Waals surface area contributed by atoms with Crippen molar-refractivity contribution < 1.29 is 0 Å². The van der Waals surface area contributed by atoms with E-state index in [2.05, 4.69) is 48.4 Å². The molecule has 0 spiro atoms. The zero-order valence-corrected chi connectivity index (χ0v) is 12.0. The summed E-state index contributed by atoms with van der Waals surface area (Å²) >= 11 is 1.72. The Balaban J connectivity index is 1.96. The number of hydrogen-bond acceptors (Lipinski definition) is 3. The molecule has 1 fully saturated rings. The number of nitriles is 1. The SMILES string of the molecule is CSC1(C#N)CCN(Cc2ccccc2C)CC1. The summed E-state index contributed by atoms with van der Waals surface area (Å²) in [5.74, 6) is 0. The summed E-state index contributed by atoms with van der Waals surface area (Å²) in [4.78, 5) is 2.47. The molecule has 2 rings (SSSR count). The van der Waals surface area contributed by atoms with Gasteiger partial charge in [-0.2, -0.15) is 5.26 Å². The molecule has 1 saturated heterocycles. The van der Waals surface area contributed by atoms with Crippen LogP contribution in [0.5, 0.6) is 0 Å². The Hall–Kier alpha value is -0.980. The van der Waals surface area contributed by atoms with Gasteiger partial charge in [-0.1, -0.05) is 24.3 Å². The van der Waals surface area contributed by atoms with Gasteiger partial charge in [0.25, 0.3) is 0 Å². The van der Waals surface area contributed by atoms with Crippen LogP contribution in [0.25, 0.3) is 0 Å². The highest BCUT2D eigenvalue weighted by Gasteiger charge is 2.33. The summed E-state index contributed by atoms with van der Waals surface area (Å²) < 4.78 is -0.137. The summed E-state index contributed by atoms with van der Waals surface area (Å²) in [5.41, 5.74) is 2.77. The minimum atomic E-state index is -0.137. The van der Waals surface area contributed by atoms with Crippen LogP contribution < -0.4 is 0 Å². The molecule has 0 unspecified atom stereocenters. The molecule has 0 bridgehead atoms. The average molecular weight is 260 g/mol. The van der Waals surface area contributed by atoms with E-state index in [1.165, 1.54) is 11.1 Å². The van der Waals surface area contributed by atoms with Crippen molar-refractivity contribution in [3.63, 3.8) is 0 Å². The molecular formula is C15H20N2S. The number of piperidine rings is 1. The minimum Gasteiger partial charge on any atom is -0.299 e. The third-order valence-electron chi connectivity index (χ3n) is 3.91. The molecule has 1 aromatic carbocycles. The van der Waals surface area contributed by atoms with Crippen molar-refractivity contribution in [2.75, 3.05) is 19.3 Å². The summed E-state index contributed by atoms with van der Waals surface area (Å²) in [5, 5.41) is 9.27. The smallest absolute Gasteiger partial charge is 0.104 e. The fourth-order valence-corrected chi connectivity index (χ4v) is 3.14. The van der Waals surface area contributed by atoms with Crippen LogP contribution in [0.4, 0.5) is 0 Å². The second-order valence-corrected chi connectivity index (χ2v) is 6.20. The molecule has 0 saturated carbocycles. The van der Waals surface area contributed by atoms with Gasteiger partial charge in [-0.3, -0.25) is 4.90 Å². The van der Waals surface area contributed by atoms with E-state index >= 15 is 0 Å². The molecule has 1 heterocycles. The largest absolute Gasteiger partial charge is 0.299 e. The molecule has 96 valence electrons. The number of benzene rings is 1. The lowest BCUT2D eigenvalue weighted by atomic mass is 9.96. The van der Waals surface area contributed by atoms with Gasteiger partial charge < -0.3 is 0 Å². The Kier molecular flexibility index (Phi) is 4.31. The molecule has 0 atom stereocenters. The molecule has 2 nitrogen and oxygen atoms in total. The lowest BCUT2D eigenvalue weighted by Crippen LogP contribution is -2.41. The standard InChI is InChI=1S/C15H20N2S/c1-13-5-3-4-6-14(13)11-17-9-7-15(12-16,18-2)8-10-17/h3-6H,7-11H2,1-2H3. The van der Waals surface area contributed by atoms with E-state index in [1.807, 2.05) is 0 Å². The molecular weight excluding hydrogens is 240 g/mol. The van der Waals surface area contributed by atoms with Crippen molar-refractivity contribution >= 4 is 11.8 Å². The predicted octanol–water partition coefficient (Wildman–Crippen LogP) is 3.22. The van der Waals surface area contributed by atoms with Gasteiger partial charge in [-0.05, 0) is 37.1 Å². The molecule has 1 aliphatic rings. The number of rotatable bonds is 3. The van der Waals surface area contributed by atoms with Crippen molar-refractivity contribution in [3.8, 4) is 6.07 Å². The molecule has 1 aliphatic heterocycles. The maximum Gasteiger partial charge on any atom is 0.104 e. The first-order valence-corrected chi connectivity index (χ1v) is 7.65. The van der Waals surface area contributed by atoms with E-state index in [9.17, 15) is 5.26 Å². The van der Waals surface area contributed by atoms with Crippen LogP contribution in [-0.2, 0) is 6.54 Å². The lowest BCUT2D eigenvalue weighted by molar-refractivity contribution is 0.209. The maximum atomic E-state index is 9.27. The average Bonchev–Trinajstić information content (AvgIpc) is 2.43. The van der Waals surface area contributed by atoms with Crippen molar-refractivity contribution in [1.29, 1.82) is 5.26 Å². The second-order valence-electron chi connectivity index (χ2n) is 5.01. The first kappa shape index (κ1) is 13.5. The van der Waals surface area contributed by atoms with Crippen LogP contribution in [-0.4, -0.2) is 29.0 Å². The van der Waals surface area contributed by atoms with Crippen molar-refractivity contribution in [1.82, 2.24) is 4.90 Å². The zero-order chi connectivity index (χ0) is 13.0. The normalized spacial score (nSPS) is 19.4. The van der Waals surface area contributed by atoms with Gasteiger partial charge in [-0.15, -0.1) is 11.8 Å². The number of nitrogens with zero attached hydrogens (tertiary/aromatic N) is 2. The van der Waals surface area contributed by atoms with Crippen LogP contribution >= 0.6 is 11.8 Å². The van der Waals surface area contributed by atoms with Crippen LogP contribution in [0.3, 0.4) is 0 Å². The van der Waals surface area contributed by atoms with Crippen molar-refractivity contribution in [2.45, 2.75) is 31.1 Å². The van der Waals surface area contributed by atoms with Gasteiger partial charge in [0.2, 0.25) is 0 Å². The Labute approximate surface area is 114 Å². The van der Waals surface area contributed by atoms with Gasteiger partial charge >= 0.3 is 0 Å². The van der Waals surface area contributed by atoms with Gasteiger partial charge in [0.15, 0.2) is 0 Å². The highest BCUT2D eigenvalue weighted by Crippen LogP contribution is 2.34. The van der Waals surface area contributed by atoms with Gasteiger partial charge in [0, 0.05) is 19.6 Å². The number of hydrogen-bond donors (Lipinski definition) is 0. The van der Waals surface area contributed by atoms with Crippen molar-refractivity contribution in [3.05, 3.63) is 35.4 Å². The third-order valence-corrected chi connectivity index (χ3v) is 5.19. The fourth-order valence-electron chi connectivity index (χ4n) is 2.46. The van der Waals surface area contributed by atoms with E-state index in [0.29, 0.717) is 0 Å². The first-order valence-electron chi connectivity index (χ1n) is 6.42. The summed E-state index contributed by atoms with van der Waals surface area (Å²) in [6, 6.07) is 11.1. The van der Waals surface area contributed by atoms with Crippen LogP contribution in [0.2, 0.25) is 0 Å². The van der Waals surface area contributed by atoms with E-state index < -0.39 is 0 Å². The Morgan fingerprint density at radius 3 is 2.56 bits per heavy atom. The van der Waals surface area contributed by atoms with Gasteiger partial charge in [0.1, 0.15) is 4.75 Å². The second kappa shape index (κ2) is 5.77. The predicted molar refractivity (Wildman–Crippen MR) is 77.5 cm³/mol. The summed E-state index contributed by atoms with van der Waals surface area (Å²) in [6.07, 6.45) is 4.02. The number of aryl methyl sites for hydroxylation is 1. The van der Waals surface area contributed by atoms with Crippen LogP contribution in [0.15, 0.2) is 24.3 Å². The molecule has 0 aliphatic carbocycles. The van der Waals surface area contributed by atoms with Crippen LogP contribution in [0, 0.1) is 18.3 Å². The zero-order valence-electron chi connectivity index (χ0n) is 11.1. The lowest BCUT2D eigenvalue weighted by Gasteiger charge is -2.36. The molecule has 3 heteroatoms. The van der Waals surface area contributed by atoms with E-state index in [0.717, 1.165) is 32.5 Å². The Morgan fingerprint density at radius 2 is 2.00 bits per heavy atom. The van der Waals surface area contributed by atoms with E-state index in [1.54, 1.807) is 11.8 Å². The molecule has 0 aromatic heterocycles. The topological polar surface area (TPSA) is 27.0 Å². The van der Waals surface area contributed by atoms with E-state index in [4.69, 9.17) is 0 Å². The minimum absolute atomic E-state index is 0.137. The quantitative estimate of drug-likeness (QED) is 0.835. The highest BCUT2D eigenvalue weighted by molar-refractivity contribution is 8.00. The van der Waals surface area contributed by atoms with Crippen LogP contribution in [0.1, 0.15) is 24.0 Å². The molecule has 18 heavy (non-hydrogen) atoms. The van der Waals surface area contributed by atoms with Gasteiger partial charge in [-0.25, -0.2) is 0 Å². The molecule has 0 N–H and O–H groups in total. The van der Waals surface area contributed by atoms with E-state index in [-0.39, 0.29) is 4.75 Å². The molecule has 1 aromatic rings. The Bertz CT molecular complexity index is 442. The third kappa shape index (κ3) is 2.88.